The van der Waals surface area contributed by atoms with Crippen LogP contribution in [-0.4, -0.2) is 15.0 Å². The zero-order chi connectivity index (χ0) is 17.2. The number of nitrogens with one attached hydrogen (secondary N) is 1. The Balaban J connectivity index is 1.67. The van der Waals surface area contributed by atoms with E-state index in [1.807, 2.05) is 42.5 Å². The second-order valence-electron chi connectivity index (χ2n) is 5.54. The maximum atomic E-state index is 14.0. The average Bonchev–Trinajstić information content (AvgIpc) is 3.12. The van der Waals surface area contributed by atoms with Gasteiger partial charge in [0.25, 0.3) is 0 Å². The standard InChI is InChI=1S/C20H13ClFN3/c21-15-7-4-8-16(22)19(15)20-24-12-18(25-20)14-9-10-17(23-11-14)13-5-2-1-3-6-13/h1-12H,(H,24,25). The summed E-state index contributed by atoms with van der Waals surface area (Å²) in [7, 11) is 0. The van der Waals surface area contributed by atoms with Crippen molar-refractivity contribution in [2.45, 2.75) is 0 Å². The Bertz CT molecular complexity index is 991. The molecule has 0 bridgehead atoms. The summed E-state index contributed by atoms with van der Waals surface area (Å²) < 4.78 is 14.0. The number of hydrogen-bond acceptors (Lipinski definition) is 2. The molecule has 0 fully saturated rings. The van der Waals surface area contributed by atoms with Crippen LogP contribution >= 0.6 is 11.6 Å². The van der Waals surface area contributed by atoms with Crippen LogP contribution in [0.15, 0.2) is 73.1 Å². The van der Waals surface area contributed by atoms with E-state index in [2.05, 4.69) is 15.0 Å². The van der Waals surface area contributed by atoms with Gasteiger partial charge in [0, 0.05) is 17.3 Å². The highest BCUT2D eigenvalue weighted by Gasteiger charge is 2.13. The second kappa shape index (κ2) is 6.49. The summed E-state index contributed by atoms with van der Waals surface area (Å²) in [6.45, 7) is 0. The Labute approximate surface area is 149 Å². The van der Waals surface area contributed by atoms with Gasteiger partial charge >= 0.3 is 0 Å². The first-order valence-electron chi connectivity index (χ1n) is 7.73. The molecule has 0 saturated heterocycles. The van der Waals surface area contributed by atoms with Gasteiger partial charge in [0.05, 0.1) is 28.2 Å². The number of benzene rings is 2. The number of aromatic nitrogens is 3. The molecule has 0 atom stereocenters. The molecular weight excluding hydrogens is 337 g/mol. The molecule has 0 aliphatic carbocycles. The number of hydrogen-bond donors (Lipinski definition) is 1. The molecule has 2 heterocycles. The van der Waals surface area contributed by atoms with Crippen molar-refractivity contribution in [2.24, 2.45) is 0 Å². The van der Waals surface area contributed by atoms with Gasteiger partial charge < -0.3 is 4.98 Å². The van der Waals surface area contributed by atoms with Crippen LogP contribution in [-0.2, 0) is 0 Å². The summed E-state index contributed by atoms with van der Waals surface area (Å²) in [6.07, 6.45) is 3.42. The van der Waals surface area contributed by atoms with E-state index in [1.54, 1.807) is 24.5 Å². The molecule has 0 aliphatic rings. The van der Waals surface area contributed by atoms with Crippen LogP contribution in [0, 0.1) is 5.82 Å². The molecule has 5 heteroatoms. The van der Waals surface area contributed by atoms with Crippen LogP contribution in [0.25, 0.3) is 33.9 Å². The number of pyridine rings is 1. The number of rotatable bonds is 3. The first-order chi connectivity index (χ1) is 12.2. The largest absolute Gasteiger partial charge is 0.338 e. The Morgan fingerprint density at radius 2 is 1.64 bits per heavy atom. The molecule has 2 aromatic heterocycles. The van der Waals surface area contributed by atoms with Crippen molar-refractivity contribution in [1.29, 1.82) is 0 Å². The maximum absolute atomic E-state index is 14.0. The maximum Gasteiger partial charge on any atom is 0.142 e. The van der Waals surface area contributed by atoms with Crippen molar-refractivity contribution in [3.8, 4) is 33.9 Å². The van der Waals surface area contributed by atoms with Crippen molar-refractivity contribution in [2.75, 3.05) is 0 Å². The fourth-order valence-corrected chi connectivity index (χ4v) is 2.90. The smallest absolute Gasteiger partial charge is 0.142 e. The number of nitrogens with zero attached hydrogens (tertiary/aromatic N) is 2. The van der Waals surface area contributed by atoms with E-state index in [-0.39, 0.29) is 5.56 Å². The van der Waals surface area contributed by atoms with Gasteiger partial charge in [-0.05, 0) is 24.3 Å². The average molecular weight is 350 g/mol. The van der Waals surface area contributed by atoms with Crippen molar-refractivity contribution >= 4 is 11.6 Å². The third-order valence-corrected chi connectivity index (χ3v) is 4.23. The van der Waals surface area contributed by atoms with E-state index < -0.39 is 5.82 Å². The third kappa shape index (κ3) is 3.04. The predicted octanol–water partition coefficient (Wildman–Crippen LogP) is 5.60. The van der Waals surface area contributed by atoms with Gasteiger partial charge in [-0.15, -0.1) is 0 Å². The van der Waals surface area contributed by atoms with Gasteiger partial charge in [-0.2, -0.15) is 0 Å². The molecule has 0 unspecified atom stereocenters. The quantitative estimate of drug-likeness (QED) is 0.523. The summed E-state index contributed by atoms with van der Waals surface area (Å²) in [5, 5.41) is 0.318. The fraction of sp³-hybridized carbons (Fsp3) is 0. The van der Waals surface area contributed by atoms with E-state index in [9.17, 15) is 4.39 Å². The molecule has 122 valence electrons. The minimum absolute atomic E-state index is 0.268. The predicted molar refractivity (Wildman–Crippen MR) is 97.7 cm³/mol. The van der Waals surface area contributed by atoms with E-state index >= 15 is 0 Å². The summed E-state index contributed by atoms with van der Waals surface area (Å²) in [5.74, 6) is -0.0174. The summed E-state index contributed by atoms with van der Waals surface area (Å²) in [5.41, 5.74) is 3.83. The van der Waals surface area contributed by atoms with Gasteiger partial charge in [-0.25, -0.2) is 9.37 Å². The lowest BCUT2D eigenvalue weighted by molar-refractivity contribution is 0.630. The molecule has 3 nitrogen and oxygen atoms in total. The number of halogens is 2. The van der Waals surface area contributed by atoms with Gasteiger partial charge in [0.2, 0.25) is 0 Å². The van der Waals surface area contributed by atoms with Gasteiger partial charge in [0.15, 0.2) is 0 Å². The Morgan fingerprint density at radius 1 is 0.800 bits per heavy atom. The molecular formula is C20H13ClFN3. The lowest BCUT2D eigenvalue weighted by Gasteiger charge is -2.03. The van der Waals surface area contributed by atoms with E-state index in [0.29, 0.717) is 10.8 Å². The topological polar surface area (TPSA) is 41.6 Å². The van der Waals surface area contributed by atoms with Gasteiger partial charge in [-0.1, -0.05) is 48.0 Å². The molecule has 2 aromatic carbocycles. The first-order valence-corrected chi connectivity index (χ1v) is 8.11. The minimum atomic E-state index is -0.411. The van der Waals surface area contributed by atoms with Crippen LogP contribution in [0.3, 0.4) is 0 Å². The van der Waals surface area contributed by atoms with Crippen molar-refractivity contribution in [3.05, 3.63) is 83.9 Å². The van der Waals surface area contributed by atoms with E-state index in [1.165, 1.54) is 6.07 Å². The molecule has 0 spiro atoms. The molecule has 0 saturated carbocycles. The molecule has 0 radical (unpaired) electrons. The highest BCUT2D eigenvalue weighted by Crippen LogP contribution is 2.30. The van der Waals surface area contributed by atoms with Gasteiger partial charge in [-0.3, -0.25) is 4.98 Å². The monoisotopic (exact) mass is 349 g/mol. The SMILES string of the molecule is Fc1cccc(Cl)c1-c1ncc(-c2ccc(-c3ccccc3)nc2)[nH]1. The molecule has 1 N–H and O–H groups in total. The highest BCUT2D eigenvalue weighted by molar-refractivity contribution is 6.33. The summed E-state index contributed by atoms with van der Waals surface area (Å²) in [6, 6.07) is 18.4. The zero-order valence-corrected chi connectivity index (χ0v) is 13.8. The van der Waals surface area contributed by atoms with Crippen molar-refractivity contribution < 1.29 is 4.39 Å². The number of imidazole rings is 1. The van der Waals surface area contributed by atoms with Gasteiger partial charge in [0.1, 0.15) is 11.6 Å². The highest BCUT2D eigenvalue weighted by atomic mass is 35.5. The minimum Gasteiger partial charge on any atom is -0.338 e. The molecule has 0 amide bonds. The number of H-pyrrole nitrogens is 1. The summed E-state index contributed by atoms with van der Waals surface area (Å²) >= 11 is 6.10. The lowest BCUT2D eigenvalue weighted by atomic mass is 10.1. The normalized spacial score (nSPS) is 10.8. The van der Waals surface area contributed by atoms with E-state index in [4.69, 9.17) is 11.6 Å². The van der Waals surface area contributed by atoms with E-state index in [0.717, 1.165) is 22.5 Å². The molecule has 25 heavy (non-hydrogen) atoms. The third-order valence-electron chi connectivity index (χ3n) is 3.92. The second-order valence-corrected chi connectivity index (χ2v) is 5.95. The Morgan fingerprint density at radius 3 is 2.36 bits per heavy atom. The first kappa shape index (κ1) is 15.5. The van der Waals surface area contributed by atoms with Crippen LogP contribution in [0.2, 0.25) is 5.02 Å². The van der Waals surface area contributed by atoms with Crippen LogP contribution in [0.5, 0.6) is 0 Å². The van der Waals surface area contributed by atoms with Crippen LogP contribution in [0.1, 0.15) is 0 Å². The Hall–Kier alpha value is -2.98. The number of aromatic amines is 1. The molecule has 0 aliphatic heterocycles. The van der Waals surface area contributed by atoms with Crippen LogP contribution in [0.4, 0.5) is 4.39 Å². The molecule has 4 rings (SSSR count). The zero-order valence-electron chi connectivity index (χ0n) is 13.1. The Kier molecular flexibility index (Phi) is 4.04. The lowest BCUT2D eigenvalue weighted by Crippen LogP contribution is -1.88. The van der Waals surface area contributed by atoms with Crippen molar-refractivity contribution in [1.82, 2.24) is 15.0 Å². The molecule has 4 aromatic rings. The summed E-state index contributed by atoms with van der Waals surface area (Å²) in [4.78, 5) is 11.9. The van der Waals surface area contributed by atoms with Crippen LogP contribution < -0.4 is 0 Å². The fourth-order valence-electron chi connectivity index (χ4n) is 2.65. The van der Waals surface area contributed by atoms with Crippen molar-refractivity contribution in [3.63, 3.8) is 0 Å².